The molecule has 1 unspecified atom stereocenters. The second-order valence-electron chi connectivity index (χ2n) is 5.37. The highest BCUT2D eigenvalue weighted by atomic mass is 35.5. The minimum atomic E-state index is -0.0739. The molecule has 0 radical (unpaired) electrons. The lowest BCUT2D eigenvalue weighted by Crippen LogP contribution is -2.52. The molecule has 1 aromatic rings. The second kappa shape index (κ2) is 4.23. The Bertz CT molecular complexity index is 421. The van der Waals surface area contributed by atoms with E-state index < -0.39 is 0 Å². The van der Waals surface area contributed by atoms with Crippen LogP contribution in [-0.4, -0.2) is 18.7 Å². The van der Waals surface area contributed by atoms with Gasteiger partial charge in [-0.25, -0.2) is 0 Å². The Morgan fingerprint density at radius 2 is 2.12 bits per heavy atom. The quantitative estimate of drug-likeness (QED) is 0.782. The van der Waals surface area contributed by atoms with Crippen LogP contribution in [0, 0.1) is 0 Å². The van der Waals surface area contributed by atoms with Gasteiger partial charge in [-0.15, -0.1) is 11.3 Å². The summed E-state index contributed by atoms with van der Waals surface area (Å²) in [5.74, 6) is 0. The number of hydrogen-bond donors (Lipinski definition) is 1. The normalized spacial score (nSPS) is 37.1. The Hall–Kier alpha value is -0.0900. The largest absolute Gasteiger partial charge is 0.369 e. The molecule has 1 saturated heterocycles. The van der Waals surface area contributed by atoms with Gasteiger partial charge < -0.3 is 10.1 Å². The molecule has 94 valence electrons. The molecule has 3 rings (SSSR count). The van der Waals surface area contributed by atoms with Gasteiger partial charge >= 0.3 is 0 Å². The molecule has 2 nitrogen and oxygen atoms in total. The Balaban J connectivity index is 2.02. The maximum atomic E-state index is 6.20. The first-order valence-corrected chi connectivity index (χ1v) is 7.47. The molecule has 17 heavy (non-hydrogen) atoms. The molecule has 3 atom stereocenters. The van der Waals surface area contributed by atoms with Crippen molar-refractivity contribution in [1.29, 1.82) is 0 Å². The van der Waals surface area contributed by atoms with E-state index in [1.807, 2.05) is 0 Å². The van der Waals surface area contributed by atoms with E-state index in [0.29, 0.717) is 12.1 Å². The van der Waals surface area contributed by atoms with Gasteiger partial charge in [0, 0.05) is 17.0 Å². The smallest absolute Gasteiger partial charge is 0.105 e. The third kappa shape index (κ3) is 2.03. The van der Waals surface area contributed by atoms with Crippen molar-refractivity contribution in [2.24, 2.45) is 0 Å². The van der Waals surface area contributed by atoms with Crippen LogP contribution in [0.5, 0.6) is 0 Å². The molecule has 2 aliphatic rings. The molecule has 1 spiro atoms. The summed E-state index contributed by atoms with van der Waals surface area (Å²) in [6.45, 7) is 5.31. The minimum Gasteiger partial charge on any atom is -0.369 e. The lowest BCUT2D eigenvalue weighted by atomic mass is 9.80. The van der Waals surface area contributed by atoms with E-state index in [1.165, 1.54) is 10.4 Å². The van der Waals surface area contributed by atoms with E-state index in [-0.39, 0.29) is 5.60 Å². The Morgan fingerprint density at radius 1 is 1.41 bits per heavy atom. The van der Waals surface area contributed by atoms with Crippen molar-refractivity contribution >= 4 is 22.9 Å². The molecule has 1 fully saturated rings. The van der Waals surface area contributed by atoms with Crippen LogP contribution < -0.4 is 5.32 Å². The zero-order valence-electron chi connectivity index (χ0n) is 10.3. The Morgan fingerprint density at radius 3 is 2.82 bits per heavy atom. The van der Waals surface area contributed by atoms with Gasteiger partial charge in [0.2, 0.25) is 0 Å². The third-order valence-corrected chi connectivity index (χ3v) is 5.28. The van der Waals surface area contributed by atoms with Crippen LogP contribution in [-0.2, 0) is 16.8 Å². The van der Waals surface area contributed by atoms with Crippen molar-refractivity contribution < 1.29 is 4.74 Å². The summed E-state index contributed by atoms with van der Waals surface area (Å²) >= 11 is 7.89. The first kappa shape index (κ1) is 12.0. The average Bonchev–Trinajstić information content (AvgIpc) is 2.58. The number of fused-ring (bicyclic) bond motifs is 2. The van der Waals surface area contributed by atoms with Gasteiger partial charge in [-0.3, -0.25) is 0 Å². The molecule has 0 aliphatic carbocycles. The predicted octanol–water partition coefficient (Wildman–Crippen LogP) is 3.33. The van der Waals surface area contributed by atoms with Crippen LogP contribution >= 0.6 is 22.9 Å². The van der Waals surface area contributed by atoms with Crippen molar-refractivity contribution in [1.82, 2.24) is 5.32 Å². The average molecular weight is 272 g/mol. The van der Waals surface area contributed by atoms with E-state index in [9.17, 15) is 0 Å². The van der Waals surface area contributed by atoms with Gasteiger partial charge in [0.15, 0.2) is 0 Å². The first-order valence-electron chi connectivity index (χ1n) is 6.28. The SMILES string of the molecule is C[C@@H]1CC2(C[C@H](C)N1)OCCc1cc(Cl)sc12. The number of hydrogen-bond acceptors (Lipinski definition) is 3. The highest BCUT2D eigenvalue weighted by Gasteiger charge is 2.44. The molecule has 2 aliphatic heterocycles. The lowest BCUT2D eigenvalue weighted by Gasteiger charge is -2.45. The molecule has 0 amide bonds. The summed E-state index contributed by atoms with van der Waals surface area (Å²) in [6, 6.07) is 3.14. The van der Waals surface area contributed by atoms with Gasteiger partial charge in [-0.2, -0.15) is 0 Å². The van der Waals surface area contributed by atoms with Gasteiger partial charge in [0.1, 0.15) is 5.60 Å². The zero-order valence-corrected chi connectivity index (χ0v) is 11.8. The van der Waals surface area contributed by atoms with E-state index in [2.05, 4.69) is 25.2 Å². The molecular weight excluding hydrogens is 254 g/mol. The Labute approximate surface area is 111 Å². The van der Waals surface area contributed by atoms with E-state index in [4.69, 9.17) is 16.3 Å². The standard InChI is InChI=1S/C13H18ClNOS/c1-8-6-13(7-9(2)15-8)12-10(3-4-16-13)5-11(14)17-12/h5,8-9,15H,3-4,6-7H2,1-2H3/t8-,9+,13?. The van der Waals surface area contributed by atoms with Gasteiger partial charge in [0.05, 0.1) is 10.9 Å². The summed E-state index contributed by atoms with van der Waals surface area (Å²) in [7, 11) is 0. The monoisotopic (exact) mass is 271 g/mol. The van der Waals surface area contributed by atoms with Crippen molar-refractivity contribution in [2.75, 3.05) is 6.61 Å². The maximum absolute atomic E-state index is 6.20. The highest BCUT2D eigenvalue weighted by Crippen LogP contribution is 2.47. The van der Waals surface area contributed by atoms with Crippen LogP contribution in [0.25, 0.3) is 0 Å². The number of halogens is 1. The number of rotatable bonds is 0. The third-order valence-electron chi connectivity index (χ3n) is 3.78. The Kier molecular flexibility index (Phi) is 2.98. The fourth-order valence-corrected chi connectivity index (χ4v) is 4.83. The molecule has 1 N–H and O–H groups in total. The minimum absolute atomic E-state index is 0.0739. The summed E-state index contributed by atoms with van der Waals surface area (Å²) in [5, 5.41) is 3.58. The fourth-order valence-electron chi connectivity index (χ4n) is 3.37. The van der Waals surface area contributed by atoms with Crippen LogP contribution in [0.3, 0.4) is 0 Å². The van der Waals surface area contributed by atoms with Crippen molar-refractivity contribution in [3.8, 4) is 0 Å². The van der Waals surface area contributed by atoms with Gasteiger partial charge in [-0.05, 0) is 44.7 Å². The summed E-state index contributed by atoms with van der Waals surface area (Å²) in [6.07, 6.45) is 3.12. The molecule has 0 saturated carbocycles. The summed E-state index contributed by atoms with van der Waals surface area (Å²) < 4.78 is 7.10. The van der Waals surface area contributed by atoms with Crippen molar-refractivity contribution in [2.45, 2.75) is 50.8 Å². The molecular formula is C13H18ClNOS. The van der Waals surface area contributed by atoms with E-state index in [0.717, 1.165) is 30.2 Å². The second-order valence-corrected chi connectivity index (χ2v) is 7.06. The fraction of sp³-hybridized carbons (Fsp3) is 0.692. The zero-order chi connectivity index (χ0) is 12.0. The van der Waals surface area contributed by atoms with Crippen LogP contribution in [0.1, 0.15) is 37.1 Å². The highest BCUT2D eigenvalue weighted by molar-refractivity contribution is 7.16. The van der Waals surface area contributed by atoms with E-state index >= 15 is 0 Å². The topological polar surface area (TPSA) is 21.3 Å². The molecule has 3 heterocycles. The van der Waals surface area contributed by atoms with Crippen molar-refractivity contribution in [3.05, 3.63) is 20.8 Å². The predicted molar refractivity (Wildman–Crippen MR) is 72.0 cm³/mol. The van der Waals surface area contributed by atoms with Gasteiger partial charge in [0.25, 0.3) is 0 Å². The van der Waals surface area contributed by atoms with Gasteiger partial charge in [-0.1, -0.05) is 11.6 Å². The molecule has 0 aromatic carbocycles. The molecule has 0 bridgehead atoms. The first-order chi connectivity index (χ1) is 8.09. The van der Waals surface area contributed by atoms with Crippen LogP contribution in [0.2, 0.25) is 4.34 Å². The van der Waals surface area contributed by atoms with Crippen LogP contribution in [0.15, 0.2) is 6.07 Å². The van der Waals surface area contributed by atoms with Crippen molar-refractivity contribution in [3.63, 3.8) is 0 Å². The van der Waals surface area contributed by atoms with Crippen LogP contribution in [0.4, 0.5) is 0 Å². The summed E-state index contributed by atoms with van der Waals surface area (Å²) in [5.41, 5.74) is 1.34. The van der Waals surface area contributed by atoms with E-state index in [1.54, 1.807) is 11.3 Å². The number of ether oxygens (including phenoxy) is 1. The molecule has 1 aromatic heterocycles. The number of thiophene rings is 1. The summed E-state index contributed by atoms with van der Waals surface area (Å²) in [4.78, 5) is 1.38. The number of nitrogens with one attached hydrogen (secondary N) is 1. The maximum Gasteiger partial charge on any atom is 0.105 e. The number of piperidine rings is 1. The molecule has 4 heteroatoms. The lowest BCUT2D eigenvalue weighted by molar-refractivity contribution is -0.0932.